The minimum Gasteiger partial charge on any atom is -0.339 e. The van der Waals surface area contributed by atoms with E-state index in [1.807, 2.05) is 14.1 Å². The maximum absolute atomic E-state index is 5.41. The molecule has 0 radical (unpaired) electrons. The molecule has 0 bridgehead atoms. The molecule has 1 heterocycles. The third kappa shape index (κ3) is 4.56. The second-order valence-electron chi connectivity index (χ2n) is 6.15. The van der Waals surface area contributed by atoms with Gasteiger partial charge in [0.1, 0.15) is 0 Å². The minimum absolute atomic E-state index is 0.491. The molecule has 5 heteroatoms. The van der Waals surface area contributed by atoms with E-state index in [1.54, 1.807) is 0 Å². The van der Waals surface area contributed by atoms with Crippen LogP contribution in [0.1, 0.15) is 50.7 Å². The summed E-state index contributed by atoms with van der Waals surface area (Å²) in [6.45, 7) is 4.01. The summed E-state index contributed by atoms with van der Waals surface area (Å²) in [5.74, 6) is 2.33. The summed E-state index contributed by atoms with van der Waals surface area (Å²) < 4.78 is 5.41. The summed E-state index contributed by atoms with van der Waals surface area (Å²) in [4.78, 5) is 6.56. The van der Waals surface area contributed by atoms with Gasteiger partial charge in [0.05, 0.1) is 6.54 Å². The van der Waals surface area contributed by atoms with Gasteiger partial charge in [0.15, 0.2) is 5.82 Å². The van der Waals surface area contributed by atoms with Gasteiger partial charge in [-0.2, -0.15) is 4.98 Å². The van der Waals surface area contributed by atoms with E-state index in [0.29, 0.717) is 6.04 Å². The van der Waals surface area contributed by atoms with Crippen molar-refractivity contribution in [3.8, 4) is 0 Å². The smallest absolute Gasteiger partial charge is 0.228 e. The van der Waals surface area contributed by atoms with Crippen molar-refractivity contribution < 1.29 is 4.52 Å². The van der Waals surface area contributed by atoms with Crippen LogP contribution < -0.4 is 5.32 Å². The number of hydrogen-bond acceptors (Lipinski definition) is 5. The fourth-order valence-electron chi connectivity index (χ4n) is 3.00. The second-order valence-corrected chi connectivity index (χ2v) is 6.15. The van der Waals surface area contributed by atoms with Crippen LogP contribution in [0.3, 0.4) is 0 Å². The SMILES string of the molecule is CCCNC(Cc1nc(CN(C)C)no1)C1CCCC1. The van der Waals surface area contributed by atoms with E-state index in [2.05, 4.69) is 27.3 Å². The molecule has 2 rings (SSSR count). The van der Waals surface area contributed by atoms with Gasteiger partial charge in [-0.15, -0.1) is 0 Å². The minimum atomic E-state index is 0.491. The Morgan fingerprint density at radius 1 is 1.35 bits per heavy atom. The Bertz CT molecular complexity index is 385. The van der Waals surface area contributed by atoms with Crippen molar-refractivity contribution in [1.29, 1.82) is 0 Å². The van der Waals surface area contributed by atoms with Crippen molar-refractivity contribution in [2.45, 2.75) is 58.0 Å². The highest BCUT2D eigenvalue weighted by molar-refractivity contribution is 4.92. The molecule has 1 N–H and O–H groups in total. The first-order valence-corrected chi connectivity index (χ1v) is 7.88. The standard InChI is InChI=1S/C15H28N4O/c1-4-9-16-13(12-7-5-6-8-12)10-15-17-14(18-20-15)11-19(2)3/h12-13,16H,4-11H2,1-3H3. The van der Waals surface area contributed by atoms with Crippen LogP contribution in [0.5, 0.6) is 0 Å². The fourth-order valence-corrected chi connectivity index (χ4v) is 3.00. The van der Waals surface area contributed by atoms with Gasteiger partial charge in [0.25, 0.3) is 0 Å². The van der Waals surface area contributed by atoms with Crippen LogP contribution >= 0.6 is 0 Å². The van der Waals surface area contributed by atoms with Crippen molar-refractivity contribution in [2.24, 2.45) is 5.92 Å². The Morgan fingerprint density at radius 3 is 2.75 bits per heavy atom. The molecule has 0 aliphatic heterocycles. The molecular formula is C15H28N4O. The number of rotatable bonds is 8. The largest absolute Gasteiger partial charge is 0.339 e. The molecule has 1 aromatic heterocycles. The second kappa shape index (κ2) is 7.74. The van der Waals surface area contributed by atoms with Crippen LogP contribution in [0.4, 0.5) is 0 Å². The number of nitrogens with zero attached hydrogens (tertiary/aromatic N) is 3. The Balaban J connectivity index is 1.93. The first kappa shape index (κ1) is 15.4. The Labute approximate surface area is 122 Å². The first-order chi connectivity index (χ1) is 9.69. The lowest BCUT2D eigenvalue weighted by atomic mass is 9.95. The van der Waals surface area contributed by atoms with Crippen LogP contribution in [-0.2, 0) is 13.0 Å². The van der Waals surface area contributed by atoms with Gasteiger partial charge < -0.3 is 14.7 Å². The van der Waals surface area contributed by atoms with Crippen LogP contribution in [0, 0.1) is 5.92 Å². The number of nitrogens with one attached hydrogen (secondary N) is 1. The normalized spacial score (nSPS) is 18.0. The molecule has 0 saturated heterocycles. The van der Waals surface area contributed by atoms with Gasteiger partial charge in [-0.3, -0.25) is 0 Å². The zero-order chi connectivity index (χ0) is 14.4. The number of hydrogen-bond donors (Lipinski definition) is 1. The van der Waals surface area contributed by atoms with E-state index >= 15 is 0 Å². The zero-order valence-corrected chi connectivity index (χ0v) is 13.1. The molecule has 1 fully saturated rings. The average molecular weight is 280 g/mol. The van der Waals surface area contributed by atoms with Gasteiger partial charge in [-0.25, -0.2) is 0 Å². The van der Waals surface area contributed by atoms with Gasteiger partial charge in [0, 0.05) is 12.5 Å². The molecule has 1 unspecified atom stereocenters. The van der Waals surface area contributed by atoms with Gasteiger partial charge >= 0.3 is 0 Å². The van der Waals surface area contributed by atoms with Gasteiger partial charge in [-0.05, 0) is 45.8 Å². The summed E-state index contributed by atoms with van der Waals surface area (Å²) in [6, 6.07) is 0.491. The first-order valence-electron chi connectivity index (χ1n) is 7.88. The average Bonchev–Trinajstić information content (AvgIpc) is 3.05. The molecule has 1 aliphatic carbocycles. The quantitative estimate of drug-likeness (QED) is 0.791. The van der Waals surface area contributed by atoms with Crippen LogP contribution in [-0.4, -0.2) is 41.7 Å². The molecule has 1 aliphatic rings. The summed E-state index contributed by atoms with van der Waals surface area (Å²) in [6.07, 6.45) is 7.43. The van der Waals surface area contributed by atoms with E-state index in [-0.39, 0.29) is 0 Å². The molecule has 20 heavy (non-hydrogen) atoms. The molecule has 1 aromatic rings. The van der Waals surface area contributed by atoms with Crippen molar-refractivity contribution >= 4 is 0 Å². The highest BCUT2D eigenvalue weighted by Crippen LogP contribution is 2.29. The summed E-state index contributed by atoms with van der Waals surface area (Å²) >= 11 is 0. The molecule has 114 valence electrons. The summed E-state index contributed by atoms with van der Waals surface area (Å²) in [5.41, 5.74) is 0. The fraction of sp³-hybridized carbons (Fsp3) is 0.867. The van der Waals surface area contributed by atoms with Crippen molar-refractivity contribution in [3.63, 3.8) is 0 Å². The van der Waals surface area contributed by atoms with E-state index in [9.17, 15) is 0 Å². The van der Waals surface area contributed by atoms with E-state index < -0.39 is 0 Å². The molecule has 1 atom stereocenters. The van der Waals surface area contributed by atoms with E-state index in [0.717, 1.165) is 37.1 Å². The van der Waals surface area contributed by atoms with Crippen LogP contribution in [0.15, 0.2) is 4.52 Å². The molecular weight excluding hydrogens is 252 g/mol. The highest BCUT2D eigenvalue weighted by atomic mass is 16.5. The van der Waals surface area contributed by atoms with Crippen molar-refractivity contribution in [1.82, 2.24) is 20.4 Å². The van der Waals surface area contributed by atoms with E-state index in [1.165, 1.54) is 32.1 Å². The predicted octanol–water partition coefficient (Wildman–Crippen LogP) is 2.23. The molecule has 0 spiro atoms. The van der Waals surface area contributed by atoms with Crippen molar-refractivity contribution in [3.05, 3.63) is 11.7 Å². The van der Waals surface area contributed by atoms with Crippen LogP contribution in [0.25, 0.3) is 0 Å². The molecule has 0 amide bonds. The lowest BCUT2D eigenvalue weighted by molar-refractivity contribution is 0.304. The van der Waals surface area contributed by atoms with Gasteiger partial charge in [-0.1, -0.05) is 24.9 Å². The maximum Gasteiger partial charge on any atom is 0.228 e. The molecule has 0 aromatic carbocycles. The summed E-state index contributed by atoms with van der Waals surface area (Å²) in [7, 11) is 4.03. The maximum atomic E-state index is 5.41. The van der Waals surface area contributed by atoms with Gasteiger partial charge in [0.2, 0.25) is 5.89 Å². The Hall–Kier alpha value is -0.940. The Morgan fingerprint density at radius 2 is 2.10 bits per heavy atom. The third-order valence-electron chi connectivity index (χ3n) is 3.99. The van der Waals surface area contributed by atoms with E-state index in [4.69, 9.17) is 4.52 Å². The predicted molar refractivity (Wildman–Crippen MR) is 79.4 cm³/mol. The lowest BCUT2D eigenvalue weighted by Crippen LogP contribution is -2.37. The summed E-state index contributed by atoms with van der Waals surface area (Å²) in [5, 5.41) is 7.73. The van der Waals surface area contributed by atoms with Crippen LogP contribution in [0.2, 0.25) is 0 Å². The Kier molecular flexibility index (Phi) is 5.98. The highest BCUT2D eigenvalue weighted by Gasteiger charge is 2.26. The number of aromatic nitrogens is 2. The topological polar surface area (TPSA) is 54.2 Å². The van der Waals surface area contributed by atoms with Crippen molar-refractivity contribution in [2.75, 3.05) is 20.6 Å². The molecule has 5 nitrogen and oxygen atoms in total. The third-order valence-corrected chi connectivity index (χ3v) is 3.99. The zero-order valence-electron chi connectivity index (χ0n) is 13.1. The molecule has 1 saturated carbocycles. The lowest BCUT2D eigenvalue weighted by Gasteiger charge is -2.23. The monoisotopic (exact) mass is 280 g/mol.